The van der Waals surface area contributed by atoms with E-state index in [0.717, 1.165) is 31.5 Å². The van der Waals surface area contributed by atoms with Crippen LogP contribution in [0, 0.1) is 5.41 Å². The second-order valence-corrected chi connectivity index (χ2v) is 5.03. The number of hydrogen-bond donors (Lipinski definition) is 1. The Balaban J connectivity index is 2.14. The maximum absolute atomic E-state index is 12.4. The van der Waals surface area contributed by atoms with Crippen molar-refractivity contribution in [3.8, 4) is 0 Å². The summed E-state index contributed by atoms with van der Waals surface area (Å²) in [5, 5.41) is 3.86. The van der Waals surface area contributed by atoms with Crippen molar-refractivity contribution >= 4 is 17.4 Å². The van der Waals surface area contributed by atoms with Crippen LogP contribution >= 0.6 is 11.6 Å². The number of pyridine rings is 1. The van der Waals surface area contributed by atoms with Crippen molar-refractivity contribution in [1.82, 2.24) is 10.3 Å². The van der Waals surface area contributed by atoms with Gasteiger partial charge >= 0.3 is 0 Å². The first-order valence-electron chi connectivity index (χ1n) is 6.00. The SMILES string of the molecule is CCC1(C(=O)Cc2ccncc2Cl)CCNC1. The zero-order chi connectivity index (χ0) is 12.3. The van der Waals surface area contributed by atoms with Gasteiger partial charge in [-0.1, -0.05) is 18.5 Å². The van der Waals surface area contributed by atoms with Crippen LogP contribution in [0.2, 0.25) is 5.02 Å². The van der Waals surface area contributed by atoms with Crippen molar-refractivity contribution < 1.29 is 4.79 Å². The van der Waals surface area contributed by atoms with E-state index in [9.17, 15) is 4.79 Å². The van der Waals surface area contributed by atoms with E-state index in [-0.39, 0.29) is 11.2 Å². The van der Waals surface area contributed by atoms with Gasteiger partial charge in [-0.3, -0.25) is 9.78 Å². The fourth-order valence-electron chi connectivity index (χ4n) is 2.39. The fourth-order valence-corrected chi connectivity index (χ4v) is 2.57. The van der Waals surface area contributed by atoms with Crippen molar-refractivity contribution in [3.05, 3.63) is 29.0 Å². The number of carbonyl (C=O) groups is 1. The van der Waals surface area contributed by atoms with E-state index in [2.05, 4.69) is 17.2 Å². The average Bonchev–Trinajstić information content (AvgIpc) is 2.82. The van der Waals surface area contributed by atoms with Crippen LogP contribution in [-0.4, -0.2) is 23.9 Å². The van der Waals surface area contributed by atoms with E-state index in [1.807, 2.05) is 6.07 Å². The van der Waals surface area contributed by atoms with Gasteiger partial charge in [-0.25, -0.2) is 0 Å². The van der Waals surface area contributed by atoms with Crippen molar-refractivity contribution in [2.75, 3.05) is 13.1 Å². The summed E-state index contributed by atoms with van der Waals surface area (Å²) in [7, 11) is 0. The molecule has 0 bridgehead atoms. The molecule has 3 nitrogen and oxygen atoms in total. The van der Waals surface area contributed by atoms with Crippen LogP contribution in [0.3, 0.4) is 0 Å². The molecular weight excluding hydrogens is 236 g/mol. The van der Waals surface area contributed by atoms with Crippen molar-refractivity contribution in [1.29, 1.82) is 0 Å². The molecule has 0 saturated carbocycles. The molecule has 1 aliphatic heterocycles. The Kier molecular flexibility index (Phi) is 3.79. The van der Waals surface area contributed by atoms with Crippen molar-refractivity contribution in [2.45, 2.75) is 26.2 Å². The molecule has 1 atom stereocenters. The van der Waals surface area contributed by atoms with Crippen LogP contribution < -0.4 is 5.32 Å². The molecule has 0 aromatic carbocycles. The van der Waals surface area contributed by atoms with Crippen molar-refractivity contribution in [2.24, 2.45) is 5.41 Å². The molecule has 1 aromatic rings. The van der Waals surface area contributed by atoms with Gasteiger partial charge in [0.25, 0.3) is 0 Å². The first-order chi connectivity index (χ1) is 8.18. The molecular formula is C13H17ClN2O. The molecule has 1 N–H and O–H groups in total. The fraction of sp³-hybridized carbons (Fsp3) is 0.538. The first-order valence-corrected chi connectivity index (χ1v) is 6.38. The largest absolute Gasteiger partial charge is 0.316 e. The third-order valence-electron chi connectivity index (χ3n) is 3.72. The van der Waals surface area contributed by atoms with Crippen LogP contribution in [0.4, 0.5) is 0 Å². The number of hydrogen-bond acceptors (Lipinski definition) is 3. The third kappa shape index (κ3) is 2.50. The van der Waals surface area contributed by atoms with Gasteiger partial charge in [-0.2, -0.15) is 0 Å². The maximum Gasteiger partial charge on any atom is 0.144 e. The van der Waals surface area contributed by atoms with E-state index in [1.54, 1.807) is 12.4 Å². The molecule has 2 rings (SSSR count). The summed E-state index contributed by atoms with van der Waals surface area (Å²) in [6.45, 7) is 3.81. The molecule has 1 fully saturated rings. The maximum atomic E-state index is 12.4. The standard InChI is InChI=1S/C13H17ClN2O/c1-2-13(4-6-16-9-13)12(17)7-10-3-5-15-8-11(10)14/h3,5,8,16H,2,4,6-7,9H2,1H3. The van der Waals surface area contributed by atoms with E-state index < -0.39 is 0 Å². The molecule has 1 unspecified atom stereocenters. The lowest BCUT2D eigenvalue weighted by molar-refractivity contribution is -0.127. The van der Waals surface area contributed by atoms with Crippen LogP contribution in [0.1, 0.15) is 25.3 Å². The van der Waals surface area contributed by atoms with E-state index in [0.29, 0.717) is 11.4 Å². The first kappa shape index (κ1) is 12.5. The molecule has 1 saturated heterocycles. The molecule has 0 spiro atoms. The normalized spacial score (nSPS) is 23.9. The van der Waals surface area contributed by atoms with Crippen LogP contribution in [0.5, 0.6) is 0 Å². The molecule has 17 heavy (non-hydrogen) atoms. The highest BCUT2D eigenvalue weighted by atomic mass is 35.5. The van der Waals surface area contributed by atoms with Gasteiger partial charge in [-0.05, 0) is 31.0 Å². The zero-order valence-corrected chi connectivity index (χ0v) is 10.8. The predicted molar refractivity (Wildman–Crippen MR) is 68.2 cm³/mol. The lowest BCUT2D eigenvalue weighted by atomic mass is 9.78. The molecule has 0 aliphatic carbocycles. The van der Waals surface area contributed by atoms with Crippen LogP contribution in [0.25, 0.3) is 0 Å². The zero-order valence-electron chi connectivity index (χ0n) is 10.0. The monoisotopic (exact) mass is 252 g/mol. The Bertz CT molecular complexity index is 414. The summed E-state index contributed by atoms with van der Waals surface area (Å²) < 4.78 is 0. The summed E-state index contributed by atoms with van der Waals surface area (Å²) in [6, 6.07) is 1.83. The van der Waals surface area contributed by atoms with Gasteiger partial charge in [0.1, 0.15) is 5.78 Å². The predicted octanol–water partition coefficient (Wildman–Crippen LogP) is 2.24. The van der Waals surface area contributed by atoms with Gasteiger partial charge in [0.2, 0.25) is 0 Å². The van der Waals surface area contributed by atoms with Gasteiger partial charge in [0.05, 0.1) is 5.02 Å². The molecule has 2 heterocycles. The Labute approximate surface area is 107 Å². The molecule has 1 aliphatic rings. The summed E-state index contributed by atoms with van der Waals surface area (Å²) >= 11 is 6.03. The molecule has 92 valence electrons. The summed E-state index contributed by atoms with van der Waals surface area (Å²) in [4.78, 5) is 16.3. The second kappa shape index (κ2) is 5.15. The van der Waals surface area contributed by atoms with E-state index >= 15 is 0 Å². The number of halogens is 1. The Morgan fingerprint density at radius 1 is 1.65 bits per heavy atom. The second-order valence-electron chi connectivity index (χ2n) is 4.63. The van der Waals surface area contributed by atoms with Crippen LogP contribution in [0.15, 0.2) is 18.5 Å². The number of Topliss-reactive ketones (excluding diaryl/α,β-unsaturated/α-hetero) is 1. The minimum Gasteiger partial charge on any atom is -0.316 e. The minimum atomic E-state index is -0.188. The average molecular weight is 253 g/mol. The quantitative estimate of drug-likeness (QED) is 0.894. The Hall–Kier alpha value is -0.930. The Morgan fingerprint density at radius 2 is 2.47 bits per heavy atom. The lowest BCUT2D eigenvalue weighted by Gasteiger charge is -2.25. The smallest absolute Gasteiger partial charge is 0.144 e. The van der Waals surface area contributed by atoms with Gasteiger partial charge in [0.15, 0.2) is 0 Å². The van der Waals surface area contributed by atoms with E-state index in [4.69, 9.17) is 11.6 Å². The number of aromatic nitrogens is 1. The summed E-state index contributed by atoms with van der Waals surface area (Å²) in [6.07, 6.45) is 5.51. The molecule has 0 radical (unpaired) electrons. The number of nitrogens with zero attached hydrogens (tertiary/aromatic N) is 1. The van der Waals surface area contributed by atoms with Gasteiger partial charge < -0.3 is 5.32 Å². The lowest BCUT2D eigenvalue weighted by Crippen LogP contribution is -2.34. The highest BCUT2D eigenvalue weighted by Gasteiger charge is 2.38. The topological polar surface area (TPSA) is 42.0 Å². The van der Waals surface area contributed by atoms with Gasteiger partial charge in [0, 0.05) is 30.8 Å². The summed E-state index contributed by atoms with van der Waals surface area (Å²) in [5.74, 6) is 0.290. The third-order valence-corrected chi connectivity index (χ3v) is 4.06. The molecule has 0 amide bonds. The van der Waals surface area contributed by atoms with Crippen LogP contribution in [-0.2, 0) is 11.2 Å². The Morgan fingerprint density at radius 3 is 3.06 bits per heavy atom. The van der Waals surface area contributed by atoms with Gasteiger partial charge in [-0.15, -0.1) is 0 Å². The highest BCUT2D eigenvalue weighted by Crippen LogP contribution is 2.32. The number of rotatable bonds is 4. The number of nitrogens with one attached hydrogen (secondary N) is 1. The summed E-state index contributed by atoms with van der Waals surface area (Å²) in [5.41, 5.74) is 0.693. The number of carbonyl (C=O) groups excluding carboxylic acids is 1. The minimum absolute atomic E-state index is 0.188. The molecule has 1 aromatic heterocycles. The molecule has 4 heteroatoms. The number of ketones is 1. The highest BCUT2D eigenvalue weighted by molar-refractivity contribution is 6.31. The van der Waals surface area contributed by atoms with Crippen molar-refractivity contribution in [3.63, 3.8) is 0 Å². The van der Waals surface area contributed by atoms with E-state index in [1.165, 1.54) is 0 Å².